The number of nitrogens with zero attached hydrogens (tertiary/aromatic N) is 1. The highest BCUT2D eigenvalue weighted by Crippen LogP contribution is 2.24. The molecule has 0 bridgehead atoms. The lowest BCUT2D eigenvalue weighted by atomic mass is 9.92. The van der Waals surface area contributed by atoms with Crippen molar-refractivity contribution in [1.82, 2.24) is 4.98 Å². The van der Waals surface area contributed by atoms with Crippen LogP contribution >= 0.6 is 0 Å². The molecule has 0 aliphatic heterocycles. The van der Waals surface area contributed by atoms with Gasteiger partial charge in [0, 0.05) is 24.9 Å². The first-order valence-corrected chi connectivity index (χ1v) is 5.20. The van der Waals surface area contributed by atoms with Gasteiger partial charge in [0.1, 0.15) is 5.75 Å². The number of benzene rings is 1. The van der Waals surface area contributed by atoms with Crippen molar-refractivity contribution in [2.75, 3.05) is 6.54 Å². The van der Waals surface area contributed by atoms with Crippen LogP contribution in [0.25, 0.3) is 0 Å². The van der Waals surface area contributed by atoms with Gasteiger partial charge in [0.2, 0.25) is 0 Å². The molecule has 2 rings (SSSR count). The fraction of sp³-hybridized carbons (Fsp3) is 0.154. The lowest BCUT2D eigenvalue weighted by molar-refractivity contribution is 0.475. The van der Waals surface area contributed by atoms with Crippen molar-refractivity contribution < 1.29 is 5.11 Å². The number of pyridine rings is 1. The zero-order valence-corrected chi connectivity index (χ0v) is 8.88. The summed E-state index contributed by atoms with van der Waals surface area (Å²) >= 11 is 0. The van der Waals surface area contributed by atoms with E-state index in [4.69, 9.17) is 5.73 Å². The fourth-order valence-electron chi connectivity index (χ4n) is 1.75. The van der Waals surface area contributed by atoms with Crippen LogP contribution in [0.15, 0.2) is 48.8 Å². The van der Waals surface area contributed by atoms with Gasteiger partial charge in [-0.15, -0.1) is 0 Å². The lowest BCUT2D eigenvalue weighted by Crippen LogP contribution is -2.13. The third-order valence-corrected chi connectivity index (χ3v) is 2.62. The fourth-order valence-corrected chi connectivity index (χ4v) is 1.75. The molecule has 1 heterocycles. The van der Waals surface area contributed by atoms with Crippen molar-refractivity contribution in [1.29, 1.82) is 0 Å². The Kier molecular flexibility index (Phi) is 3.17. The minimum Gasteiger partial charge on any atom is -0.508 e. The SMILES string of the molecule is NCC(c1ccc(O)cc1)c1cccnc1. The maximum atomic E-state index is 9.24. The molecule has 0 aliphatic carbocycles. The minimum atomic E-state index is 0.134. The van der Waals surface area contributed by atoms with Crippen molar-refractivity contribution in [3.63, 3.8) is 0 Å². The minimum absolute atomic E-state index is 0.134. The molecular formula is C13H14N2O. The number of hydrogen-bond acceptors (Lipinski definition) is 3. The van der Waals surface area contributed by atoms with Gasteiger partial charge in [0.25, 0.3) is 0 Å². The number of phenolic OH excluding ortho intramolecular Hbond substituents is 1. The van der Waals surface area contributed by atoms with Crippen LogP contribution in [0.4, 0.5) is 0 Å². The van der Waals surface area contributed by atoms with Crippen molar-refractivity contribution in [2.45, 2.75) is 5.92 Å². The summed E-state index contributed by atoms with van der Waals surface area (Å²) < 4.78 is 0. The van der Waals surface area contributed by atoms with Gasteiger partial charge in [0.15, 0.2) is 0 Å². The smallest absolute Gasteiger partial charge is 0.115 e. The van der Waals surface area contributed by atoms with E-state index in [1.54, 1.807) is 18.3 Å². The van der Waals surface area contributed by atoms with Gasteiger partial charge in [-0.05, 0) is 29.3 Å². The number of aromatic hydroxyl groups is 1. The number of rotatable bonds is 3. The second-order valence-electron chi connectivity index (χ2n) is 3.67. The monoisotopic (exact) mass is 214 g/mol. The summed E-state index contributed by atoms with van der Waals surface area (Å²) in [6, 6.07) is 11.0. The molecule has 0 amide bonds. The predicted molar refractivity (Wildman–Crippen MR) is 63.2 cm³/mol. The highest BCUT2D eigenvalue weighted by atomic mass is 16.3. The molecular weight excluding hydrogens is 200 g/mol. The Labute approximate surface area is 94.6 Å². The van der Waals surface area contributed by atoms with Gasteiger partial charge >= 0.3 is 0 Å². The Morgan fingerprint density at radius 2 is 1.88 bits per heavy atom. The molecule has 1 aromatic carbocycles. The Morgan fingerprint density at radius 3 is 2.44 bits per heavy atom. The van der Waals surface area contributed by atoms with Gasteiger partial charge in [-0.3, -0.25) is 4.98 Å². The highest BCUT2D eigenvalue weighted by Gasteiger charge is 2.11. The summed E-state index contributed by atoms with van der Waals surface area (Å²) in [4.78, 5) is 4.09. The summed E-state index contributed by atoms with van der Waals surface area (Å²) in [7, 11) is 0. The second-order valence-corrected chi connectivity index (χ2v) is 3.67. The third-order valence-electron chi connectivity index (χ3n) is 2.62. The van der Waals surface area contributed by atoms with Crippen LogP contribution in [0.1, 0.15) is 17.0 Å². The molecule has 82 valence electrons. The largest absolute Gasteiger partial charge is 0.508 e. The summed E-state index contributed by atoms with van der Waals surface area (Å²) in [6.07, 6.45) is 3.57. The summed E-state index contributed by atoms with van der Waals surface area (Å²) in [5.41, 5.74) is 7.97. The number of hydrogen-bond donors (Lipinski definition) is 2. The molecule has 3 nitrogen and oxygen atoms in total. The van der Waals surface area contributed by atoms with Crippen LogP contribution in [0.3, 0.4) is 0 Å². The van der Waals surface area contributed by atoms with Crippen molar-refractivity contribution in [3.05, 3.63) is 59.9 Å². The van der Waals surface area contributed by atoms with Crippen molar-refractivity contribution in [2.24, 2.45) is 5.73 Å². The normalized spacial score (nSPS) is 12.3. The van der Waals surface area contributed by atoms with Gasteiger partial charge in [0.05, 0.1) is 0 Å². The first-order valence-electron chi connectivity index (χ1n) is 5.20. The molecule has 1 aromatic heterocycles. The molecule has 1 atom stereocenters. The van der Waals surface area contributed by atoms with Crippen molar-refractivity contribution >= 4 is 0 Å². The Balaban J connectivity index is 2.33. The molecule has 3 N–H and O–H groups in total. The van der Waals surface area contributed by atoms with E-state index < -0.39 is 0 Å². The van der Waals surface area contributed by atoms with Gasteiger partial charge in [-0.2, -0.15) is 0 Å². The standard InChI is InChI=1S/C13H14N2O/c14-8-13(11-2-1-7-15-9-11)10-3-5-12(16)6-4-10/h1-7,9,13,16H,8,14H2. The van der Waals surface area contributed by atoms with E-state index in [-0.39, 0.29) is 11.7 Å². The lowest BCUT2D eigenvalue weighted by Gasteiger charge is -2.15. The summed E-state index contributed by atoms with van der Waals surface area (Å²) in [5, 5.41) is 9.24. The van der Waals surface area contributed by atoms with E-state index in [1.165, 1.54) is 0 Å². The molecule has 0 spiro atoms. The maximum Gasteiger partial charge on any atom is 0.115 e. The predicted octanol–water partition coefficient (Wildman–Crippen LogP) is 1.88. The topological polar surface area (TPSA) is 59.1 Å². The molecule has 0 radical (unpaired) electrons. The number of phenols is 1. The van der Waals surface area contributed by atoms with E-state index >= 15 is 0 Å². The Bertz CT molecular complexity index is 439. The molecule has 0 aliphatic rings. The number of nitrogens with two attached hydrogens (primary N) is 1. The summed E-state index contributed by atoms with van der Waals surface area (Å²) in [5.74, 6) is 0.403. The maximum absolute atomic E-state index is 9.24. The van der Waals surface area contributed by atoms with E-state index in [1.807, 2.05) is 30.5 Å². The molecule has 1 unspecified atom stereocenters. The van der Waals surface area contributed by atoms with Crippen LogP contribution in [0.5, 0.6) is 5.75 Å². The van der Waals surface area contributed by atoms with E-state index in [0.29, 0.717) is 6.54 Å². The van der Waals surface area contributed by atoms with Crippen LogP contribution < -0.4 is 5.73 Å². The molecule has 0 saturated heterocycles. The molecule has 3 heteroatoms. The number of aromatic nitrogens is 1. The summed E-state index contributed by atoms with van der Waals surface area (Å²) in [6.45, 7) is 0.524. The Morgan fingerprint density at radius 1 is 1.12 bits per heavy atom. The average molecular weight is 214 g/mol. The first kappa shape index (κ1) is 10.6. The quantitative estimate of drug-likeness (QED) is 0.820. The van der Waals surface area contributed by atoms with Crippen LogP contribution in [-0.4, -0.2) is 16.6 Å². The van der Waals surface area contributed by atoms with Gasteiger partial charge in [-0.25, -0.2) is 0 Å². The second kappa shape index (κ2) is 4.77. The van der Waals surface area contributed by atoms with Crippen LogP contribution in [0.2, 0.25) is 0 Å². The molecule has 16 heavy (non-hydrogen) atoms. The van der Waals surface area contributed by atoms with Crippen molar-refractivity contribution in [3.8, 4) is 5.75 Å². The van der Waals surface area contributed by atoms with Crippen LogP contribution in [0, 0.1) is 0 Å². The first-order chi connectivity index (χ1) is 7.81. The Hall–Kier alpha value is -1.87. The van der Waals surface area contributed by atoms with Gasteiger partial charge < -0.3 is 10.8 Å². The average Bonchev–Trinajstić information content (AvgIpc) is 2.34. The van der Waals surface area contributed by atoms with E-state index in [9.17, 15) is 5.11 Å². The third kappa shape index (κ3) is 2.20. The highest BCUT2D eigenvalue weighted by molar-refractivity contribution is 5.34. The zero-order chi connectivity index (χ0) is 11.4. The van der Waals surface area contributed by atoms with Gasteiger partial charge in [-0.1, -0.05) is 18.2 Å². The zero-order valence-electron chi connectivity index (χ0n) is 8.88. The van der Waals surface area contributed by atoms with E-state index in [0.717, 1.165) is 11.1 Å². The van der Waals surface area contributed by atoms with Crippen LogP contribution in [-0.2, 0) is 0 Å². The molecule has 0 saturated carbocycles. The van der Waals surface area contributed by atoms with E-state index in [2.05, 4.69) is 4.98 Å². The molecule has 0 fully saturated rings. The molecule has 2 aromatic rings.